The van der Waals surface area contributed by atoms with E-state index in [4.69, 9.17) is 14.2 Å². The molecular formula is C12H24O3. The van der Waals surface area contributed by atoms with Crippen LogP contribution in [0, 0.1) is 11.3 Å². The Labute approximate surface area is 93.1 Å². The van der Waals surface area contributed by atoms with Crippen molar-refractivity contribution in [2.45, 2.75) is 47.0 Å². The van der Waals surface area contributed by atoms with Crippen LogP contribution in [0.1, 0.15) is 41.0 Å². The third-order valence-electron chi connectivity index (χ3n) is 2.96. The Morgan fingerprint density at radius 1 is 1.00 bits per heavy atom. The third-order valence-corrected chi connectivity index (χ3v) is 2.96. The van der Waals surface area contributed by atoms with Crippen molar-refractivity contribution in [3.63, 3.8) is 0 Å². The van der Waals surface area contributed by atoms with E-state index in [0.717, 1.165) is 26.2 Å². The van der Waals surface area contributed by atoms with Crippen molar-refractivity contribution < 1.29 is 14.2 Å². The summed E-state index contributed by atoms with van der Waals surface area (Å²) < 4.78 is 17.1. The molecule has 0 spiro atoms. The van der Waals surface area contributed by atoms with Crippen LogP contribution >= 0.6 is 0 Å². The largest absolute Gasteiger partial charge is 0.327 e. The zero-order chi connectivity index (χ0) is 11.5. The number of hydrogen-bond acceptors (Lipinski definition) is 3. The van der Waals surface area contributed by atoms with E-state index in [1.165, 1.54) is 0 Å². The molecule has 3 saturated heterocycles. The second kappa shape index (κ2) is 4.81. The molecule has 3 heterocycles. The van der Waals surface area contributed by atoms with E-state index < -0.39 is 5.97 Å². The first kappa shape index (κ1) is 12.9. The summed E-state index contributed by atoms with van der Waals surface area (Å²) in [5.74, 6) is -0.508. The second-order valence-electron chi connectivity index (χ2n) is 4.74. The highest BCUT2D eigenvalue weighted by Gasteiger charge is 2.48. The minimum Gasteiger partial charge on any atom is -0.327 e. The van der Waals surface area contributed by atoms with Crippen molar-refractivity contribution in [3.8, 4) is 0 Å². The molecule has 2 bridgehead atoms. The van der Waals surface area contributed by atoms with Crippen LogP contribution in [0.4, 0.5) is 0 Å². The van der Waals surface area contributed by atoms with Crippen molar-refractivity contribution in [1.29, 1.82) is 0 Å². The van der Waals surface area contributed by atoms with Gasteiger partial charge in [-0.05, 0) is 6.42 Å². The molecule has 0 aromatic carbocycles. The molecule has 0 saturated carbocycles. The summed E-state index contributed by atoms with van der Waals surface area (Å²) in [6.07, 6.45) is 1.03. The molecule has 0 atom stereocenters. The van der Waals surface area contributed by atoms with E-state index in [1.807, 2.05) is 13.8 Å². The van der Waals surface area contributed by atoms with Crippen molar-refractivity contribution in [3.05, 3.63) is 0 Å². The molecule has 0 aliphatic carbocycles. The highest BCUT2D eigenvalue weighted by molar-refractivity contribution is 4.83. The summed E-state index contributed by atoms with van der Waals surface area (Å²) in [5, 5.41) is 0. The van der Waals surface area contributed by atoms with Crippen LogP contribution in [0.15, 0.2) is 0 Å². The fourth-order valence-corrected chi connectivity index (χ4v) is 1.80. The summed E-state index contributed by atoms with van der Waals surface area (Å²) >= 11 is 0. The molecule has 0 amide bonds. The molecule has 0 N–H and O–H groups in total. The minimum absolute atomic E-state index is 0.162. The van der Waals surface area contributed by atoms with Crippen LogP contribution < -0.4 is 0 Å². The molecule has 3 aliphatic heterocycles. The monoisotopic (exact) mass is 216 g/mol. The van der Waals surface area contributed by atoms with Gasteiger partial charge in [-0.15, -0.1) is 0 Å². The molecule has 0 unspecified atom stereocenters. The first-order valence-corrected chi connectivity index (χ1v) is 5.98. The van der Waals surface area contributed by atoms with E-state index in [-0.39, 0.29) is 11.3 Å². The van der Waals surface area contributed by atoms with Gasteiger partial charge in [0.2, 0.25) is 0 Å². The molecule has 3 fully saturated rings. The number of fused-ring (bicyclic) bond motifs is 4. The lowest BCUT2D eigenvalue weighted by molar-refractivity contribution is -0.418. The smallest absolute Gasteiger partial charge is 0.285 e. The average Bonchev–Trinajstić information content (AvgIpc) is 2.50. The summed E-state index contributed by atoms with van der Waals surface area (Å²) in [5.41, 5.74) is 0.162. The van der Waals surface area contributed by atoms with E-state index in [0.29, 0.717) is 0 Å². The molecule has 0 aromatic heterocycles. The quantitative estimate of drug-likeness (QED) is 0.674. The molecule has 3 rings (SSSR count). The van der Waals surface area contributed by atoms with Crippen molar-refractivity contribution in [2.75, 3.05) is 19.8 Å². The maximum Gasteiger partial charge on any atom is 0.285 e. The van der Waals surface area contributed by atoms with Gasteiger partial charge in [0.15, 0.2) is 0 Å². The maximum atomic E-state index is 5.71. The highest BCUT2D eigenvalue weighted by Crippen LogP contribution is 2.40. The number of ether oxygens (including phenoxy) is 3. The lowest BCUT2D eigenvalue weighted by atomic mass is 9.89. The summed E-state index contributed by atoms with van der Waals surface area (Å²) in [6.45, 7) is 12.6. The lowest BCUT2D eigenvalue weighted by Crippen LogP contribution is -2.50. The predicted octanol–water partition coefficient (Wildman–Crippen LogP) is 2.80. The van der Waals surface area contributed by atoms with Gasteiger partial charge in [-0.2, -0.15) is 0 Å². The first-order valence-electron chi connectivity index (χ1n) is 5.98. The van der Waals surface area contributed by atoms with Crippen molar-refractivity contribution >= 4 is 0 Å². The topological polar surface area (TPSA) is 27.7 Å². The van der Waals surface area contributed by atoms with Gasteiger partial charge in [0.05, 0.1) is 19.8 Å². The van der Waals surface area contributed by atoms with Gasteiger partial charge >= 0.3 is 0 Å². The van der Waals surface area contributed by atoms with Gasteiger partial charge in [-0.3, -0.25) is 0 Å². The second-order valence-corrected chi connectivity index (χ2v) is 4.74. The van der Waals surface area contributed by atoms with Crippen LogP contribution in [-0.4, -0.2) is 25.8 Å². The van der Waals surface area contributed by atoms with Crippen LogP contribution in [0.3, 0.4) is 0 Å². The molecule has 0 radical (unpaired) electrons. The highest BCUT2D eigenvalue weighted by atomic mass is 16.9. The van der Waals surface area contributed by atoms with E-state index in [9.17, 15) is 0 Å². The Morgan fingerprint density at radius 3 is 2.00 bits per heavy atom. The Hall–Kier alpha value is -0.120. The van der Waals surface area contributed by atoms with Gasteiger partial charge in [0, 0.05) is 11.3 Å². The fraction of sp³-hybridized carbons (Fsp3) is 1.00. The molecule has 0 aromatic rings. The van der Waals surface area contributed by atoms with Gasteiger partial charge < -0.3 is 14.2 Å². The SMILES string of the molecule is CC.CC(C)C12OCCC(C)(CO1)CO2. The predicted molar refractivity (Wildman–Crippen MR) is 59.5 cm³/mol. The third kappa shape index (κ3) is 2.52. The first-order chi connectivity index (χ1) is 7.06. The number of hydrogen-bond donors (Lipinski definition) is 0. The molecule has 15 heavy (non-hydrogen) atoms. The molecule has 3 nitrogen and oxygen atoms in total. The van der Waals surface area contributed by atoms with E-state index >= 15 is 0 Å². The van der Waals surface area contributed by atoms with Crippen molar-refractivity contribution in [2.24, 2.45) is 11.3 Å². The summed E-state index contributed by atoms with van der Waals surface area (Å²) in [7, 11) is 0. The number of rotatable bonds is 1. The standard InChI is InChI=1S/C10H18O3.C2H6/c1-8(2)10-11-5-4-9(3,6-12-10)7-13-10;1-2/h8H,4-7H2,1-3H3;1-2H3. The van der Waals surface area contributed by atoms with E-state index in [2.05, 4.69) is 20.8 Å². The van der Waals surface area contributed by atoms with Crippen molar-refractivity contribution in [1.82, 2.24) is 0 Å². The molecule has 90 valence electrons. The van der Waals surface area contributed by atoms with Crippen LogP contribution in [0.5, 0.6) is 0 Å². The van der Waals surface area contributed by atoms with Crippen LogP contribution in [0.25, 0.3) is 0 Å². The van der Waals surface area contributed by atoms with Gasteiger partial charge in [-0.1, -0.05) is 34.6 Å². The Balaban J connectivity index is 0.000000531. The summed E-state index contributed by atoms with van der Waals surface area (Å²) in [4.78, 5) is 0. The van der Waals surface area contributed by atoms with Crippen LogP contribution in [-0.2, 0) is 14.2 Å². The van der Waals surface area contributed by atoms with Gasteiger partial charge in [0.1, 0.15) is 0 Å². The Bertz CT molecular complexity index is 193. The van der Waals surface area contributed by atoms with E-state index in [1.54, 1.807) is 0 Å². The maximum absolute atomic E-state index is 5.71. The Morgan fingerprint density at radius 2 is 1.53 bits per heavy atom. The zero-order valence-electron chi connectivity index (χ0n) is 10.6. The van der Waals surface area contributed by atoms with Gasteiger partial charge in [0.25, 0.3) is 5.97 Å². The molecular weight excluding hydrogens is 192 g/mol. The average molecular weight is 216 g/mol. The van der Waals surface area contributed by atoms with Gasteiger partial charge in [-0.25, -0.2) is 0 Å². The lowest BCUT2D eigenvalue weighted by Gasteiger charge is -2.41. The minimum atomic E-state index is -0.754. The van der Waals surface area contributed by atoms with Crippen LogP contribution in [0.2, 0.25) is 0 Å². The fourth-order valence-electron chi connectivity index (χ4n) is 1.80. The molecule has 3 aliphatic rings. The zero-order valence-corrected chi connectivity index (χ0v) is 10.6. The Kier molecular flexibility index (Phi) is 4.15. The normalized spacial score (nSPS) is 39.6. The molecule has 3 heteroatoms. The summed E-state index contributed by atoms with van der Waals surface area (Å²) in [6, 6.07) is 0.